The fourth-order valence-corrected chi connectivity index (χ4v) is 3.92. The van der Waals surface area contributed by atoms with Crippen molar-refractivity contribution < 1.29 is 37.5 Å². The molecular weight excluding hydrogens is 455 g/mol. The number of carbonyl (C=O) groups excluding carboxylic acids is 3. The lowest BCUT2D eigenvalue weighted by Gasteiger charge is -2.39. The molecule has 2 aliphatic rings. The molecule has 0 amide bonds. The smallest absolute Gasteiger partial charge is 0.475 e. The van der Waals surface area contributed by atoms with Crippen molar-refractivity contribution >= 4 is 29.0 Å². The number of ketones is 3. The van der Waals surface area contributed by atoms with Gasteiger partial charge in [0.1, 0.15) is 6.04 Å². The van der Waals surface area contributed by atoms with Crippen LogP contribution in [0.2, 0.25) is 0 Å². The number of alkyl halides is 3. The summed E-state index contributed by atoms with van der Waals surface area (Å²) in [6.45, 7) is 3.37. The Kier molecular flexibility index (Phi) is 7.18. The molecule has 4 rings (SSSR count). The summed E-state index contributed by atoms with van der Waals surface area (Å²) >= 11 is 0. The normalized spacial score (nSPS) is 18.3. The van der Waals surface area contributed by atoms with Crippen LogP contribution in [0.4, 0.5) is 18.9 Å². The summed E-state index contributed by atoms with van der Waals surface area (Å²) in [5, 5.41) is 10.3. The van der Waals surface area contributed by atoms with E-state index in [2.05, 4.69) is 5.32 Å². The maximum Gasteiger partial charge on any atom is 0.490 e. The van der Waals surface area contributed by atoms with Crippen molar-refractivity contribution in [1.29, 1.82) is 0 Å². The van der Waals surface area contributed by atoms with Crippen LogP contribution in [0.5, 0.6) is 0 Å². The third-order valence-electron chi connectivity index (χ3n) is 5.50. The minimum atomic E-state index is -5.08. The first kappa shape index (κ1) is 25.1. The van der Waals surface area contributed by atoms with Crippen LogP contribution >= 0.6 is 0 Å². The zero-order valence-corrected chi connectivity index (χ0v) is 18.1. The molecule has 1 aliphatic heterocycles. The molecule has 4 N–H and O–H groups in total. The van der Waals surface area contributed by atoms with Crippen LogP contribution < -0.4 is 16.0 Å². The van der Waals surface area contributed by atoms with Crippen molar-refractivity contribution in [3.8, 4) is 0 Å². The number of carboxylic acid groups (broad SMARTS) is 1. The molecule has 0 bridgehead atoms. The lowest BCUT2D eigenvalue weighted by Crippen LogP contribution is -2.58. The van der Waals surface area contributed by atoms with Crippen LogP contribution in [0.3, 0.4) is 0 Å². The third kappa shape index (κ3) is 4.85. The standard InChI is InChI=1S/C21H21N3O3.C2HF3O2/c1-12(22)19(25)17-11-23-9-10-24(17)16-8-4-7-15-18(16)21(27)14-6-3-2-5-13(14)20(15)26;3-2(4,5)1(6)7/h2-8,12,17,23H,9-11,22H2,1H3;(H,6,7)/t12?,17-;/m1./s1. The molecule has 1 heterocycles. The monoisotopic (exact) mass is 477 g/mol. The quantitative estimate of drug-likeness (QED) is 0.521. The van der Waals surface area contributed by atoms with Gasteiger partial charge in [0.25, 0.3) is 0 Å². The number of nitrogens with one attached hydrogen (secondary N) is 1. The maximum absolute atomic E-state index is 13.2. The lowest BCUT2D eigenvalue weighted by atomic mass is 9.82. The molecule has 2 aromatic rings. The van der Waals surface area contributed by atoms with Crippen molar-refractivity contribution in [2.24, 2.45) is 5.73 Å². The van der Waals surface area contributed by atoms with Crippen molar-refractivity contribution in [2.75, 3.05) is 24.5 Å². The molecule has 0 aromatic heterocycles. The predicted octanol–water partition coefficient (Wildman–Crippen LogP) is 1.79. The van der Waals surface area contributed by atoms with E-state index < -0.39 is 24.2 Å². The fraction of sp³-hybridized carbons (Fsp3) is 0.304. The zero-order chi connectivity index (χ0) is 25.2. The highest BCUT2D eigenvalue weighted by Crippen LogP contribution is 2.35. The largest absolute Gasteiger partial charge is 0.490 e. The van der Waals surface area contributed by atoms with Crippen molar-refractivity contribution in [3.05, 3.63) is 64.7 Å². The summed E-state index contributed by atoms with van der Waals surface area (Å²) in [5.74, 6) is -3.18. The lowest BCUT2D eigenvalue weighted by molar-refractivity contribution is -0.192. The molecule has 1 fully saturated rings. The molecule has 1 unspecified atom stereocenters. The van der Waals surface area contributed by atoms with Crippen LogP contribution in [0, 0.1) is 0 Å². The number of benzene rings is 2. The predicted molar refractivity (Wildman–Crippen MR) is 116 cm³/mol. The first-order chi connectivity index (χ1) is 15.9. The van der Waals surface area contributed by atoms with E-state index in [4.69, 9.17) is 15.6 Å². The number of nitrogens with zero attached hydrogens (tertiary/aromatic N) is 1. The molecule has 0 saturated carbocycles. The van der Waals surface area contributed by atoms with E-state index >= 15 is 0 Å². The molecule has 8 nitrogen and oxygen atoms in total. The number of nitrogens with two attached hydrogens (primary N) is 1. The molecule has 11 heteroatoms. The maximum atomic E-state index is 13.2. The number of piperazine rings is 1. The van der Waals surface area contributed by atoms with Gasteiger partial charge < -0.3 is 21.1 Å². The van der Waals surface area contributed by atoms with E-state index in [-0.39, 0.29) is 17.3 Å². The summed E-state index contributed by atoms with van der Waals surface area (Å²) in [5.41, 5.74) is 8.07. The molecule has 0 radical (unpaired) electrons. The Morgan fingerprint density at radius 3 is 2.18 bits per heavy atom. The van der Waals surface area contributed by atoms with E-state index in [9.17, 15) is 27.6 Å². The molecule has 1 saturated heterocycles. The molecule has 2 aromatic carbocycles. The molecule has 180 valence electrons. The number of anilines is 1. The number of carbonyl (C=O) groups is 4. The average Bonchev–Trinajstić information content (AvgIpc) is 2.81. The number of hydrogen-bond acceptors (Lipinski definition) is 7. The summed E-state index contributed by atoms with van der Waals surface area (Å²) in [4.78, 5) is 49.6. The number of rotatable bonds is 3. The van der Waals surface area contributed by atoms with E-state index in [1.807, 2.05) is 11.0 Å². The minimum Gasteiger partial charge on any atom is -0.475 e. The highest BCUT2D eigenvalue weighted by Gasteiger charge is 2.38. The summed E-state index contributed by atoms with van der Waals surface area (Å²) < 4.78 is 31.7. The second-order valence-electron chi connectivity index (χ2n) is 7.81. The molecule has 1 aliphatic carbocycles. The Hall–Kier alpha value is -3.57. The van der Waals surface area contributed by atoms with Gasteiger partial charge in [-0.15, -0.1) is 0 Å². The zero-order valence-electron chi connectivity index (χ0n) is 18.1. The van der Waals surface area contributed by atoms with Gasteiger partial charge in [-0.25, -0.2) is 4.79 Å². The van der Waals surface area contributed by atoms with Gasteiger partial charge in [0.15, 0.2) is 17.3 Å². The molecule has 0 spiro atoms. The Morgan fingerprint density at radius 2 is 1.62 bits per heavy atom. The topological polar surface area (TPSA) is 130 Å². The Bertz CT molecular complexity index is 1150. The second kappa shape index (κ2) is 9.74. The summed E-state index contributed by atoms with van der Waals surface area (Å²) in [6.07, 6.45) is -5.08. The second-order valence-corrected chi connectivity index (χ2v) is 7.81. The molecular formula is C23H22F3N3O5. The van der Waals surface area contributed by atoms with Crippen LogP contribution in [-0.2, 0) is 9.59 Å². The van der Waals surface area contributed by atoms with Gasteiger partial charge in [-0.3, -0.25) is 14.4 Å². The average molecular weight is 477 g/mol. The number of fused-ring (bicyclic) bond motifs is 2. The Balaban J connectivity index is 0.000000406. The minimum absolute atomic E-state index is 0.0882. The van der Waals surface area contributed by atoms with E-state index in [1.54, 1.807) is 43.3 Å². The number of carboxylic acids is 1. The van der Waals surface area contributed by atoms with Crippen LogP contribution in [0.25, 0.3) is 0 Å². The van der Waals surface area contributed by atoms with Crippen molar-refractivity contribution in [2.45, 2.75) is 25.2 Å². The van der Waals surface area contributed by atoms with Gasteiger partial charge >= 0.3 is 12.1 Å². The van der Waals surface area contributed by atoms with Gasteiger partial charge in [-0.05, 0) is 13.0 Å². The SMILES string of the molecule is CC(N)C(=O)[C@H]1CNCCN1c1cccc2c1C(=O)c1ccccc1C2=O.O=C(O)C(F)(F)F. The van der Waals surface area contributed by atoms with Gasteiger partial charge in [-0.2, -0.15) is 13.2 Å². The fourth-order valence-electron chi connectivity index (χ4n) is 3.92. The third-order valence-corrected chi connectivity index (χ3v) is 5.50. The number of hydrogen-bond donors (Lipinski definition) is 3. The first-order valence-corrected chi connectivity index (χ1v) is 10.3. The molecule has 34 heavy (non-hydrogen) atoms. The van der Waals surface area contributed by atoms with Crippen LogP contribution in [0.15, 0.2) is 42.5 Å². The highest BCUT2D eigenvalue weighted by atomic mass is 19.4. The van der Waals surface area contributed by atoms with Gasteiger partial charge in [-0.1, -0.05) is 36.4 Å². The Labute approximate surface area is 192 Å². The van der Waals surface area contributed by atoms with Gasteiger partial charge in [0.05, 0.1) is 11.6 Å². The van der Waals surface area contributed by atoms with Crippen LogP contribution in [0.1, 0.15) is 38.8 Å². The first-order valence-electron chi connectivity index (χ1n) is 10.3. The summed E-state index contributed by atoms with van der Waals surface area (Å²) in [7, 11) is 0. The van der Waals surface area contributed by atoms with E-state index in [1.165, 1.54) is 0 Å². The van der Waals surface area contributed by atoms with E-state index in [0.29, 0.717) is 47.6 Å². The Morgan fingerprint density at radius 1 is 1.06 bits per heavy atom. The molecule has 2 atom stereocenters. The summed E-state index contributed by atoms with van der Waals surface area (Å²) in [6, 6.07) is 11.1. The van der Waals surface area contributed by atoms with Crippen LogP contribution in [-0.4, -0.2) is 66.3 Å². The number of halogens is 3. The van der Waals surface area contributed by atoms with Crippen molar-refractivity contribution in [3.63, 3.8) is 0 Å². The number of Topliss-reactive ketones (excluding diaryl/α,β-unsaturated/α-hetero) is 1. The van der Waals surface area contributed by atoms with E-state index in [0.717, 1.165) is 0 Å². The number of aliphatic carboxylic acids is 1. The van der Waals surface area contributed by atoms with Gasteiger partial charge in [0.2, 0.25) is 0 Å². The van der Waals surface area contributed by atoms with Crippen molar-refractivity contribution in [1.82, 2.24) is 5.32 Å². The van der Waals surface area contributed by atoms with Gasteiger partial charge in [0, 0.05) is 42.0 Å². The highest BCUT2D eigenvalue weighted by molar-refractivity contribution is 6.30.